The van der Waals surface area contributed by atoms with Crippen molar-refractivity contribution < 1.29 is 0 Å². The Balaban J connectivity index is 2.85. The first-order valence-electron chi connectivity index (χ1n) is 6.08. The van der Waals surface area contributed by atoms with Gasteiger partial charge in [-0.25, -0.2) is 0 Å². The molecule has 0 unspecified atom stereocenters. The average Bonchev–Trinajstić information content (AvgIpc) is 2.29. The lowest BCUT2D eigenvalue weighted by atomic mass is 10.1. The number of nitrogens with two attached hydrogens (primary N) is 1. The van der Waals surface area contributed by atoms with Crippen molar-refractivity contribution in [3.63, 3.8) is 0 Å². The molecule has 0 aliphatic heterocycles. The molecule has 0 saturated heterocycles. The minimum Gasteiger partial charge on any atom is -0.368 e. The number of aromatic nitrogens is 1. The molecule has 0 aromatic carbocycles. The third-order valence-electron chi connectivity index (χ3n) is 2.89. The normalized spacial score (nSPS) is 12.9. The van der Waals surface area contributed by atoms with Crippen molar-refractivity contribution in [2.75, 3.05) is 11.4 Å². The Hall–Kier alpha value is -1.09. The topological polar surface area (TPSA) is 42.1 Å². The fourth-order valence-electron chi connectivity index (χ4n) is 1.84. The van der Waals surface area contributed by atoms with Gasteiger partial charge in [-0.3, -0.25) is 4.98 Å². The molecule has 2 N–H and O–H groups in total. The first-order valence-corrected chi connectivity index (χ1v) is 6.08. The highest BCUT2D eigenvalue weighted by Gasteiger charge is 2.10. The van der Waals surface area contributed by atoms with E-state index >= 15 is 0 Å². The summed E-state index contributed by atoms with van der Waals surface area (Å²) in [4.78, 5) is 6.75. The van der Waals surface area contributed by atoms with Crippen LogP contribution in [0.15, 0.2) is 18.3 Å². The predicted octanol–water partition coefficient (Wildman–Crippen LogP) is 2.73. The van der Waals surface area contributed by atoms with Crippen LogP contribution < -0.4 is 10.6 Å². The van der Waals surface area contributed by atoms with E-state index in [1.807, 2.05) is 12.3 Å². The molecule has 1 aromatic rings. The molecule has 1 heterocycles. The van der Waals surface area contributed by atoms with Gasteiger partial charge in [-0.05, 0) is 39.3 Å². The maximum absolute atomic E-state index is 5.94. The molecule has 1 atom stereocenters. The van der Waals surface area contributed by atoms with Gasteiger partial charge < -0.3 is 10.6 Å². The zero-order valence-corrected chi connectivity index (χ0v) is 10.8. The van der Waals surface area contributed by atoms with E-state index in [0.29, 0.717) is 6.04 Å². The Kier molecular flexibility index (Phi) is 4.74. The lowest BCUT2D eigenvalue weighted by Gasteiger charge is -2.27. The molecule has 3 heteroatoms. The molecule has 3 nitrogen and oxygen atoms in total. The van der Waals surface area contributed by atoms with E-state index in [2.05, 4.69) is 43.6 Å². The van der Waals surface area contributed by atoms with E-state index in [0.717, 1.165) is 18.7 Å². The molecule has 0 aliphatic rings. The second-order valence-corrected chi connectivity index (χ2v) is 4.34. The molecular weight excluding hydrogens is 198 g/mol. The van der Waals surface area contributed by atoms with Crippen molar-refractivity contribution in [1.82, 2.24) is 4.98 Å². The lowest BCUT2D eigenvalue weighted by molar-refractivity contribution is 0.670. The highest BCUT2D eigenvalue weighted by atomic mass is 15.1. The Labute approximate surface area is 98.7 Å². The first kappa shape index (κ1) is 13.0. The summed E-state index contributed by atoms with van der Waals surface area (Å²) in [6, 6.07) is 4.70. The molecule has 0 amide bonds. The fourth-order valence-corrected chi connectivity index (χ4v) is 1.84. The zero-order chi connectivity index (χ0) is 12.1. The molecule has 0 aliphatic carbocycles. The highest BCUT2D eigenvalue weighted by Crippen LogP contribution is 2.18. The molecule has 0 bridgehead atoms. The van der Waals surface area contributed by atoms with Gasteiger partial charge >= 0.3 is 0 Å². The second-order valence-electron chi connectivity index (χ2n) is 4.34. The van der Waals surface area contributed by atoms with Gasteiger partial charge in [-0.15, -0.1) is 0 Å². The summed E-state index contributed by atoms with van der Waals surface area (Å²) in [5.41, 5.74) is 8.09. The molecule has 0 spiro atoms. The molecule has 1 aromatic heterocycles. The maximum atomic E-state index is 5.94. The van der Waals surface area contributed by atoms with Crippen molar-refractivity contribution in [2.24, 2.45) is 5.73 Å². The van der Waals surface area contributed by atoms with E-state index in [4.69, 9.17) is 5.73 Å². The Morgan fingerprint density at radius 3 is 2.38 bits per heavy atom. The second kappa shape index (κ2) is 5.85. The van der Waals surface area contributed by atoms with Gasteiger partial charge in [0.05, 0.1) is 17.6 Å². The summed E-state index contributed by atoms with van der Waals surface area (Å²) in [5.74, 6) is 0. The molecule has 1 rings (SSSR count). The first-order chi connectivity index (χ1) is 7.60. The quantitative estimate of drug-likeness (QED) is 0.831. The number of hydrogen-bond acceptors (Lipinski definition) is 3. The van der Waals surface area contributed by atoms with E-state index in [-0.39, 0.29) is 6.04 Å². The van der Waals surface area contributed by atoms with Crippen molar-refractivity contribution in [2.45, 2.75) is 46.2 Å². The number of rotatable bonds is 5. The molecule has 16 heavy (non-hydrogen) atoms. The molecule has 0 radical (unpaired) electrons. The van der Waals surface area contributed by atoms with Crippen molar-refractivity contribution in [1.29, 1.82) is 0 Å². The smallest absolute Gasteiger partial charge is 0.0572 e. The van der Waals surface area contributed by atoms with Crippen LogP contribution in [0.25, 0.3) is 0 Å². The van der Waals surface area contributed by atoms with Crippen molar-refractivity contribution in [3.05, 3.63) is 24.0 Å². The van der Waals surface area contributed by atoms with Crippen LogP contribution in [0.2, 0.25) is 0 Å². The van der Waals surface area contributed by atoms with Crippen LogP contribution >= 0.6 is 0 Å². The van der Waals surface area contributed by atoms with Crippen LogP contribution in [-0.2, 0) is 0 Å². The summed E-state index contributed by atoms with van der Waals surface area (Å²) < 4.78 is 0. The Morgan fingerprint density at radius 2 is 2.00 bits per heavy atom. The summed E-state index contributed by atoms with van der Waals surface area (Å²) in [5, 5.41) is 0. The number of hydrogen-bond donors (Lipinski definition) is 1. The van der Waals surface area contributed by atoms with Gasteiger partial charge in [0.15, 0.2) is 0 Å². The van der Waals surface area contributed by atoms with Gasteiger partial charge in [0.25, 0.3) is 0 Å². The van der Waals surface area contributed by atoms with Crippen LogP contribution in [0.5, 0.6) is 0 Å². The summed E-state index contributed by atoms with van der Waals surface area (Å²) in [6.07, 6.45) is 2.85. The Bertz CT molecular complexity index is 305. The van der Waals surface area contributed by atoms with Gasteiger partial charge in [-0.2, -0.15) is 0 Å². The third kappa shape index (κ3) is 2.95. The monoisotopic (exact) mass is 221 g/mol. The summed E-state index contributed by atoms with van der Waals surface area (Å²) in [7, 11) is 0. The zero-order valence-electron chi connectivity index (χ0n) is 10.8. The van der Waals surface area contributed by atoms with Gasteiger partial charge in [0.2, 0.25) is 0 Å². The molecule has 90 valence electrons. The SMILES string of the molecule is CC[C@H](N)c1ccc(N(CC)C(C)C)cn1. The van der Waals surface area contributed by atoms with Gasteiger partial charge in [0.1, 0.15) is 0 Å². The van der Waals surface area contributed by atoms with Crippen molar-refractivity contribution in [3.8, 4) is 0 Å². The number of pyridine rings is 1. The standard InChI is InChI=1S/C13H23N3/c1-5-12(14)13-8-7-11(9-15-13)16(6-2)10(3)4/h7-10,12H,5-6,14H2,1-4H3/t12-/m0/s1. The van der Waals surface area contributed by atoms with Crippen LogP contribution in [0.3, 0.4) is 0 Å². The van der Waals surface area contributed by atoms with Gasteiger partial charge in [0, 0.05) is 18.6 Å². The van der Waals surface area contributed by atoms with Crippen LogP contribution in [0.4, 0.5) is 5.69 Å². The van der Waals surface area contributed by atoms with Crippen LogP contribution in [0, 0.1) is 0 Å². The third-order valence-corrected chi connectivity index (χ3v) is 2.89. The van der Waals surface area contributed by atoms with E-state index in [9.17, 15) is 0 Å². The van der Waals surface area contributed by atoms with E-state index < -0.39 is 0 Å². The van der Waals surface area contributed by atoms with Gasteiger partial charge in [-0.1, -0.05) is 6.92 Å². The number of nitrogens with zero attached hydrogens (tertiary/aromatic N) is 2. The maximum Gasteiger partial charge on any atom is 0.0572 e. The van der Waals surface area contributed by atoms with E-state index in [1.54, 1.807) is 0 Å². The average molecular weight is 221 g/mol. The predicted molar refractivity (Wildman–Crippen MR) is 69.6 cm³/mol. The lowest BCUT2D eigenvalue weighted by Crippen LogP contribution is -2.30. The van der Waals surface area contributed by atoms with Crippen LogP contribution in [-0.4, -0.2) is 17.6 Å². The summed E-state index contributed by atoms with van der Waals surface area (Å²) >= 11 is 0. The largest absolute Gasteiger partial charge is 0.368 e. The molecule has 0 fully saturated rings. The minimum atomic E-state index is 0.0585. The highest BCUT2D eigenvalue weighted by molar-refractivity contribution is 5.45. The molecular formula is C13H23N3. The molecule has 0 saturated carbocycles. The van der Waals surface area contributed by atoms with Crippen LogP contribution in [0.1, 0.15) is 45.9 Å². The Morgan fingerprint density at radius 1 is 1.31 bits per heavy atom. The van der Waals surface area contributed by atoms with Crippen molar-refractivity contribution >= 4 is 5.69 Å². The minimum absolute atomic E-state index is 0.0585. The summed E-state index contributed by atoms with van der Waals surface area (Å²) in [6.45, 7) is 9.61. The van der Waals surface area contributed by atoms with E-state index in [1.165, 1.54) is 5.69 Å². The fraction of sp³-hybridized carbons (Fsp3) is 0.615. The number of anilines is 1.